The Kier molecular flexibility index (Phi) is 7.38. The molecule has 1 N–H and O–H groups in total. The molecule has 9 heteroatoms. The van der Waals surface area contributed by atoms with Gasteiger partial charge in [-0.3, -0.25) is 0 Å². The van der Waals surface area contributed by atoms with Gasteiger partial charge in [-0.2, -0.15) is 18.2 Å². The second-order valence-corrected chi connectivity index (χ2v) is 11.2. The van der Waals surface area contributed by atoms with Crippen LogP contribution in [0.4, 0.5) is 24.9 Å². The molecule has 1 saturated carbocycles. The molecular weight excluding hydrogens is 513 g/mol. The summed E-state index contributed by atoms with van der Waals surface area (Å²) in [5.74, 6) is 2.13. The molecule has 2 aromatic heterocycles. The van der Waals surface area contributed by atoms with Gasteiger partial charge in [-0.1, -0.05) is 48.9 Å². The van der Waals surface area contributed by atoms with Crippen molar-refractivity contribution in [3.05, 3.63) is 77.6 Å². The number of halogens is 3. The van der Waals surface area contributed by atoms with Crippen LogP contribution in [-0.4, -0.2) is 38.1 Å². The van der Waals surface area contributed by atoms with E-state index in [1.54, 1.807) is 18.5 Å². The van der Waals surface area contributed by atoms with Crippen molar-refractivity contribution in [2.24, 2.45) is 5.92 Å². The van der Waals surface area contributed by atoms with Crippen LogP contribution in [0.2, 0.25) is 0 Å². The molecule has 2 aromatic carbocycles. The van der Waals surface area contributed by atoms with Gasteiger partial charge >= 0.3 is 6.18 Å². The van der Waals surface area contributed by atoms with Crippen LogP contribution < -0.4 is 10.2 Å². The molecule has 3 heterocycles. The smallest absolute Gasteiger partial charge is 0.365 e. The standard InChI is InChI=1S/C31H35F3N6/c1-21(24-10-7-11-24)37-28-27-29(36-20-35-28)38-30(40(27)19-23-13-15-25(16-14-23)31(32,33)34)39-17-6-5-12-26(39)18-22-8-3-2-4-9-22/h2-4,8-9,13-16,20-21,24,26H,5-7,10-12,17-19H2,1H3,(H,35,36,37)/t21-,26?/m1/s1. The zero-order valence-electron chi connectivity index (χ0n) is 22.7. The lowest BCUT2D eigenvalue weighted by Gasteiger charge is -2.37. The second kappa shape index (κ2) is 11.1. The fourth-order valence-electron chi connectivity index (χ4n) is 6.05. The predicted molar refractivity (Wildman–Crippen MR) is 151 cm³/mol. The molecule has 4 aromatic rings. The highest BCUT2D eigenvalue weighted by Gasteiger charge is 2.32. The average molecular weight is 549 g/mol. The van der Waals surface area contributed by atoms with Crippen LogP contribution in [-0.2, 0) is 19.1 Å². The third-order valence-electron chi connectivity index (χ3n) is 8.56. The maximum absolute atomic E-state index is 13.3. The van der Waals surface area contributed by atoms with Crippen molar-refractivity contribution < 1.29 is 13.2 Å². The minimum atomic E-state index is -4.37. The summed E-state index contributed by atoms with van der Waals surface area (Å²) in [6, 6.07) is 16.4. The summed E-state index contributed by atoms with van der Waals surface area (Å²) in [5, 5.41) is 3.63. The van der Waals surface area contributed by atoms with Gasteiger partial charge in [0.05, 0.1) is 12.1 Å². The average Bonchev–Trinajstić information content (AvgIpc) is 3.27. The van der Waals surface area contributed by atoms with Crippen LogP contribution in [0.15, 0.2) is 60.9 Å². The summed E-state index contributed by atoms with van der Waals surface area (Å²) in [7, 11) is 0. The summed E-state index contributed by atoms with van der Waals surface area (Å²) in [6.45, 7) is 3.43. The third-order valence-corrected chi connectivity index (χ3v) is 8.56. The number of hydrogen-bond acceptors (Lipinski definition) is 5. The molecule has 2 fully saturated rings. The number of aromatic nitrogens is 4. The molecule has 0 spiro atoms. The molecule has 0 bridgehead atoms. The number of hydrogen-bond donors (Lipinski definition) is 1. The van der Waals surface area contributed by atoms with Gasteiger partial charge in [0.2, 0.25) is 5.95 Å². The molecule has 6 nitrogen and oxygen atoms in total. The molecule has 210 valence electrons. The van der Waals surface area contributed by atoms with E-state index in [-0.39, 0.29) is 12.1 Å². The summed E-state index contributed by atoms with van der Waals surface area (Å²) in [6.07, 6.45) is 5.00. The van der Waals surface area contributed by atoms with Crippen molar-refractivity contribution in [1.29, 1.82) is 0 Å². The molecule has 6 rings (SSSR count). The summed E-state index contributed by atoms with van der Waals surface area (Å²) < 4.78 is 41.9. The largest absolute Gasteiger partial charge is 0.416 e. The summed E-state index contributed by atoms with van der Waals surface area (Å²) in [4.78, 5) is 16.6. The molecular formula is C31H35F3N6. The highest BCUT2D eigenvalue weighted by molar-refractivity contribution is 5.86. The first kappa shape index (κ1) is 26.6. The summed E-state index contributed by atoms with van der Waals surface area (Å²) >= 11 is 0. The Hall–Kier alpha value is -3.62. The topological polar surface area (TPSA) is 58.9 Å². The quantitative estimate of drug-likeness (QED) is 0.255. The van der Waals surface area contributed by atoms with Gasteiger partial charge in [0.15, 0.2) is 11.5 Å². The van der Waals surface area contributed by atoms with E-state index in [1.807, 2.05) is 6.07 Å². The van der Waals surface area contributed by atoms with Crippen LogP contribution in [0, 0.1) is 5.92 Å². The Morgan fingerprint density at radius 1 is 0.925 bits per heavy atom. The number of piperidine rings is 1. The number of anilines is 2. The fraction of sp³-hybridized carbons (Fsp3) is 0.452. The van der Waals surface area contributed by atoms with Crippen LogP contribution in [0.25, 0.3) is 11.2 Å². The number of benzene rings is 2. The van der Waals surface area contributed by atoms with Gasteiger partial charge in [-0.25, -0.2) is 9.97 Å². The number of nitrogens with zero attached hydrogens (tertiary/aromatic N) is 5. The highest BCUT2D eigenvalue weighted by atomic mass is 19.4. The van der Waals surface area contributed by atoms with Crippen molar-refractivity contribution in [2.75, 3.05) is 16.8 Å². The van der Waals surface area contributed by atoms with Gasteiger partial charge in [0, 0.05) is 18.6 Å². The number of nitrogens with one attached hydrogen (secondary N) is 1. The molecule has 1 saturated heterocycles. The third kappa shape index (κ3) is 5.51. The van der Waals surface area contributed by atoms with Gasteiger partial charge in [0.1, 0.15) is 11.8 Å². The van der Waals surface area contributed by atoms with E-state index in [0.717, 1.165) is 67.2 Å². The number of rotatable bonds is 8. The molecule has 1 aliphatic heterocycles. The van der Waals surface area contributed by atoms with E-state index in [4.69, 9.17) is 4.98 Å². The van der Waals surface area contributed by atoms with Gasteiger partial charge in [0.25, 0.3) is 0 Å². The van der Waals surface area contributed by atoms with E-state index in [1.165, 1.54) is 24.8 Å². The van der Waals surface area contributed by atoms with Crippen LogP contribution in [0.1, 0.15) is 62.1 Å². The summed E-state index contributed by atoms with van der Waals surface area (Å²) in [5.41, 5.74) is 2.80. The maximum Gasteiger partial charge on any atom is 0.416 e. The Labute approximate surface area is 232 Å². The maximum atomic E-state index is 13.3. The van der Waals surface area contributed by atoms with E-state index in [9.17, 15) is 13.2 Å². The molecule has 0 radical (unpaired) electrons. The van der Waals surface area contributed by atoms with Crippen molar-refractivity contribution in [1.82, 2.24) is 19.5 Å². The first-order chi connectivity index (χ1) is 19.4. The normalized spacial score (nSPS) is 19.0. The lowest BCUT2D eigenvalue weighted by molar-refractivity contribution is -0.137. The Morgan fingerprint density at radius 3 is 2.40 bits per heavy atom. The minimum Gasteiger partial charge on any atom is -0.365 e. The number of alkyl halides is 3. The lowest BCUT2D eigenvalue weighted by atomic mass is 9.80. The lowest BCUT2D eigenvalue weighted by Crippen LogP contribution is -2.42. The molecule has 2 atom stereocenters. The van der Waals surface area contributed by atoms with Gasteiger partial charge < -0.3 is 14.8 Å². The number of imidazole rings is 1. The molecule has 40 heavy (non-hydrogen) atoms. The Morgan fingerprint density at radius 2 is 1.70 bits per heavy atom. The predicted octanol–water partition coefficient (Wildman–Crippen LogP) is 7.10. The zero-order valence-corrected chi connectivity index (χ0v) is 22.7. The monoisotopic (exact) mass is 548 g/mol. The van der Waals surface area contributed by atoms with E-state index < -0.39 is 11.7 Å². The van der Waals surface area contributed by atoms with E-state index in [0.29, 0.717) is 18.1 Å². The molecule has 2 aliphatic rings. The van der Waals surface area contributed by atoms with Crippen LogP contribution in [0.5, 0.6) is 0 Å². The van der Waals surface area contributed by atoms with E-state index >= 15 is 0 Å². The van der Waals surface area contributed by atoms with Crippen molar-refractivity contribution in [3.8, 4) is 0 Å². The fourth-order valence-corrected chi connectivity index (χ4v) is 6.05. The van der Waals surface area contributed by atoms with Crippen LogP contribution in [0.3, 0.4) is 0 Å². The molecule has 1 unspecified atom stereocenters. The van der Waals surface area contributed by atoms with Gasteiger partial charge in [-0.15, -0.1) is 0 Å². The van der Waals surface area contributed by atoms with E-state index in [2.05, 4.69) is 55.9 Å². The van der Waals surface area contributed by atoms with Crippen molar-refractivity contribution in [2.45, 2.75) is 76.7 Å². The minimum absolute atomic E-state index is 0.255. The SMILES string of the molecule is C[C@@H](Nc1ncnc2nc(N3CCCCC3Cc3ccccc3)n(Cc3ccc(C(F)(F)F)cc3)c12)C1CCC1. The first-order valence-electron chi connectivity index (χ1n) is 14.3. The van der Waals surface area contributed by atoms with Crippen LogP contribution >= 0.6 is 0 Å². The Balaban J connectivity index is 1.41. The molecule has 1 aliphatic carbocycles. The van der Waals surface area contributed by atoms with Gasteiger partial charge in [-0.05, 0) is 74.6 Å². The first-order valence-corrected chi connectivity index (χ1v) is 14.3. The number of fused-ring (bicyclic) bond motifs is 1. The zero-order chi connectivity index (χ0) is 27.7. The highest BCUT2D eigenvalue weighted by Crippen LogP contribution is 2.35. The second-order valence-electron chi connectivity index (χ2n) is 11.2. The van der Waals surface area contributed by atoms with Crippen molar-refractivity contribution >= 4 is 22.9 Å². The van der Waals surface area contributed by atoms with Crippen molar-refractivity contribution in [3.63, 3.8) is 0 Å². The Bertz CT molecular complexity index is 1430. The molecule has 0 amide bonds.